The molecule has 2 aromatic heterocycles. The summed E-state index contributed by atoms with van der Waals surface area (Å²) in [6, 6.07) is 7.18. The van der Waals surface area contributed by atoms with Crippen LogP contribution in [0.2, 0.25) is 0 Å². The van der Waals surface area contributed by atoms with Crippen LogP contribution < -0.4 is 0 Å². The van der Waals surface area contributed by atoms with Gasteiger partial charge in [0.1, 0.15) is 0 Å². The largest absolute Gasteiger partial charge is 0.459 e. The summed E-state index contributed by atoms with van der Waals surface area (Å²) in [6.07, 6.45) is 1.49. The second-order valence-electron chi connectivity index (χ2n) is 4.97. The number of piperazine rings is 1. The summed E-state index contributed by atoms with van der Waals surface area (Å²) in [5.74, 6) is 0.293. The third-order valence-electron chi connectivity index (χ3n) is 3.54. The van der Waals surface area contributed by atoms with Gasteiger partial charge in [0.05, 0.1) is 11.1 Å². The summed E-state index contributed by atoms with van der Waals surface area (Å²) in [4.78, 5) is 29.9. The molecule has 0 atom stereocenters. The number of amides is 2. The lowest BCUT2D eigenvalue weighted by Gasteiger charge is -2.34. The highest BCUT2D eigenvalue weighted by molar-refractivity contribution is 7.13. The van der Waals surface area contributed by atoms with Crippen molar-refractivity contribution in [3.63, 3.8) is 0 Å². The van der Waals surface area contributed by atoms with E-state index in [0.29, 0.717) is 31.9 Å². The van der Waals surface area contributed by atoms with Crippen LogP contribution in [0.25, 0.3) is 0 Å². The average molecular weight is 304 g/mol. The van der Waals surface area contributed by atoms with E-state index < -0.39 is 0 Å². The summed E-state index contributed by atoms with van der Waals surface area (Å²) in [5, 5.41) is 0. The number of carbonyl (C=O) groups excluding carboxylic acids is 2. The van der Waals surface area contributed by atoms with Gasteiger partial charge in [0.2, 0.25) is 0 Å². The molecule has 0 spiro atoms. The lowest BCUT2D eigenvalue weighted by molar-refractivity contribution is 0.0520. The standard InChI is InChI=1S/C15H16N2O3S/c1-11-4-5-13(21-11)15(19)17-8-6-16(7-9-17)14(18)12-3-2-10-20-12/h2-5,10H,6-9H2,1H3. The molecule has 110 valence electrons. The van der Waals surface area contributed by atoms with E-state index in [9.17, 15) is 9.59 Å². The van der Waals surface area contributed by atoms with E-state index in [1.807, 2.05) is 19.1 Å². The highest BCUT2D eigenvalue weighted by atomic mass is 32.1. The molecule has 21 heavy (non-hydrogen) atoms. The van der Waals surface area contributed by atoms with Gasteiger partial charge in [-0.25, -0.2) is 0 Å². The number of furan rings is 1. The molecule has 2 amide bonds. The molecule has 0 aromatic carbocycles. The van der Waals surface area contributed by atoms with Crippen molar-refractivity contribution in [3.05, 3.63) is 46.0 Å². The maximum absolute atomic E-state index is 12.3. The topological polar surface area (TPSA) is 53.8 Å². The van der Waals surface area contributed by atoms with Gasteiger partial charge < -0.3 is 14.2 Å². The van der Waals surface area contributed by atoms with Crippen molar-refractivity contribution in [2.24, 2.45) is 0 Å². The van der Waals surface area contributed by atoms with Gasteiger partial charge in [-0.3, -0.25) is 9.59 Å². The summed E-state index contributed by atoms with van der Waals surface area (Å²) < 4.78 is 5.12. The van der Waals surface area contributed by atoms with E-state index in [0.717, 1.165) is 9.75 Å². The summed E-state index contributed by atoms with van der Waals surface area (Å²) in [5.41, 5.74) is 0. The Bertz CT molecular complexity index is 640. The fourth-order valence-electron chi connectivity index (χ4n) is 2.37. The van der Waals surface area contributed by atoms with Crippen LogP contribution in [0.1, 0.15) is 25.1 Å². The third-order valence-corrected chi connectivity index (χ3v) is 4.53. The molecule has 0 bridgehead atoms. The van der Waals surface area contributed by atoms with E-state index in [1.165, 1.54) is 17.6 Å². The van der Waals surface area contributed by atoms with Crippen molar-refractivity contribution in [3.8, 4) is 0 Å². The van der Waals surface area contributed by atoms with Gasteiger partial charge in [0, 0.05) is 31.1 Å². The Balaban J connectivity index is 1.60. The number of thiophene rings is 1. The number of hydrogen-bond donors (Lipinski definition) is 0. The highest BCUT2D eigenvalue weighted by Crippen LogP contribution is 2.18. The van der Waals surface area contributed by atoms with E-state index in [-0.39, 0.29) is 11.8 Å². The number of rotatable bonds is 2. The van der Waals surface area contributed by atoms with Gasteiger partial charge >= 0.3 is 0 Å². The molecule has 1 aliphatic heterocycles. The Labute approximate surface area is 126 Å². The van der Waals surface area contributed by atoms with Crippen LogP contribution in [0, 0.1) is 6.92 Å². The van der Waals surface area contributed by atoms with Crippen molar-refractivity contribution in [1.29, 1.82) is 0 Å². The first-order valence-corrected chi connectivity index (χ1v) is 7.65. The molecule has 0 radical (unpaired) electrons. The molecule has 0 aliphatic carbocycles. The zero-order valence-corrected chi connectivity index (χ0v) is 12.6. The third kappa shape index (κ3) is 2.85. The minimum absolute atomic E-state index is 0.0539. The van der Waals surface area contributed by atoms with Crippen molar-refractivity contribution in [1.82, 2.24) is 9.80 Å². The molecule has 1 fully saturated rings. The van der Waals surface area contributed by atoms with Gasteiger partial charge in [-0.2, -0.15) is 0 Å². The monoisotopic (exact) mass is 304 g/mol. The number of nitrogens with zero attached hydrogens (tertiary/aromatic N) is 2. The van der Waals surface area contributed by atoms with E-state index >= 15 is 0 Å². The molecular weight excluding hydrogens is 288 g/mol. The van der Waals surface area contributed by atoms with Crippen molar-refractivity contribution in [2.45, 2.75) is 6.92 Å². The Morgan fingerprint density at radius 1 is 1.05 bits per heavy atom. The molecule has 0 unspecified atom stereocenters. The van der Waals surface area contributed by atoms with Crippen LogP contribution in [0.4, 0.5) is 0 Å². The quantitative estimate of drug-likeness (QED) is 0.855. The van der Waals surface area contributed by atoms with E-state index in [1.54, 1.807) is 21.9 Å². The fraction of sp³-hybridized carbons (Fsp3) is 0.333. The summed E-state index contributed by atoms with van der Waals surface area (Å²) in [7, 11) is 0. The molecule has 0 N–H and O–H groups in total. The first-order valence-electron chi connectivity index (χ1n) is 6.83. The molecule has 3 rings (SSSR count). The van der Waals surface area contributed by atoms with Crippen LogP contribution >= 0.6 is 11.3 Å². The lowest BCUT2D eigenvalue weighted by Crippen LogP contribution is -2.50. The summed E-state index contributed by atoms with van der Waals surface area (Å²) in [6.45, 7) is 4.18. The van der Waals surface area contributed by atoms with Gasteiger partial charge in [-0.1, -0.05) is 0 Å². The van der Waals surface area contributed by atoms with Crippen molar-refractivity contribution < 1.29 is 14.0 Å². The number of aryl methyl sites for hydroxylation is 1. The molecule has 3 heterocycles. The van der Waals surface area contributed by atoms with Crippen LogP contribution in [-0.2, 0) is 0 Å². The molecule has 1 aliphatic rings. The van der Waals surface area contributed by atoms with Gasteiger partial charge in [0.15, 0.2) is 5.76 Å². The van der Waals surface area contributed by atoms with Gasteiger partial charge in [-0.05, 0) is 31.2 Å². The first-order chi connectivity index (χ1) is 10.1. The lowest BCUT2D eigenvalue weighted by atomic mass is 10.2. The second kappa shape index (κ2) is 5.73. The van der Waals surface area contributed by atoms with Crippen molar-refractivity contribution in [2.75, 3.05) is 26.2 Å². The predicted molar refractivity (Wildman–Crippen MR) is 79.6 cm³/mol. The molecular formula is C15H16N2O3S. The molecule has 1 saturated heterocycles. The van der Waals surface area contributed by atoms with Gasteiger partial charge in [-0.15, -0.1) is 11.3 Å². The highest BCUT2D eigenvalue weighted by Gasteiger charge is 2.26. The minimum atomic E-state index is -0.112. The van der Waals surface area contributed by atoms with E-state index in [2.05, 4.69) is 0 Å². The average Bonchev–Trinajstić information content (AvgIpc) is 3.17. The molecule has 2 aromatic rings. The first kappa shape index (κ1) is 13.9. The second-order valence-corrected chi connectivity index (χ2v) is 6.26. The normalized spacial score (nSPS) is 15.3. The Morgan fingerprint density at radius 2 is 1.71 bits per heavy atom. The Kier molecular flexibility index (Phi) is 3.79. The maximum atomic E-state index is 12.3. The maximum Gasteiger partial charge on any atom is 0.289 e. The zero-order chi connectivity index (χ0) is 14.8. The number of hydrogen-bond acceptors (Lipinski definition) is 4. The van der Waals surface area contributed by atoms with E-state index in [4.69, 9.17) is 4.42 Å². The fourth-order valence-corrected chi connectivity index (χ4v) is 3.21. The van der Waals surface area contributed by atoms with Gasteiger partial charge in [0.25, 0.3) is 11.8 Å². The predicted octanol–water partition coefficient (Wildman–Crippen LogP) is 2.25. The number of carbonyl (C=O) groups is 2. The Hall–Kier alpha value is -2.08. The Morgan fingerprint density at radius 3 is 2.24 bits per heavy atom. The SMILES string of the molecule is Cc1ccc(C(=O)N2CCN(C(=O)c3ccco3)CC2)s1. The van der Waals surface area contributed by atoms with Crippen LogP contribution in [-0.4, -0.2) is 47.8 Å². The molecule has 0 saturated carbocycles. The molecule has 5 nitrogen and oxygen atoms in total. The molecule has 6 heteroatoms. The van der Waals surface area contributed by atoms with Crippen molar-refractivity contribution >= 4 is 23.2 Å². The van der Waals surface area contributed by atoms with Crippen LogP contribution in [0.5, 0.6) is 0 Å². The van der Waals surface area contributed by atoms with Crippen LogP contribution in [0.15, 0.2) is 34.9 Å². The minimum Gasteiger partial charge on any atom is -0.459 e. The van der Waals surface area contributed by atoms with Crippen LogP contribution in [0.3, 0.4) is 0 Å². The zero-order valence-electron chi connectivity index (χ0n) is 11.7. The summed E-state index contributed by atoms with van der Waals surface area (Å²) >= 11 is 1.51. The smallest absolute Gasteiger partial charge is 0.289 e.